The fourth-order valence-electron chi connectivity index (χ4n) is 0.848. The van der Waals surface area contributed by atoms with Gasteiger partial charge in [0.2, 0.25) is 5.88 Å². The molecule has 5 nitrogen and oxygen atoms in total. The Hall–Kier alpha value is -1.39. The Labute approximate surface area is 70.9 Å². The molecular formula is C7H13N3O2. The standard InChI is InChI=1S/C7H13N3O2/c1-4(2)9-7-6(8)12-3-5(11)10-7/h4,9H,3,8H2,1-2H3,(H,10,11). The van der Waals surface area contributed by atoms with Crippen LogP contribution >= 0.6 is 0 Å². The van der Waals surface area contributed by atoms with Gasteiger partial charge in [-0.1, -0.05) is 0 Å². The second-order valence-electron chi connectivity index (χ2n) is 2.88. The molecule has 0 atom stereocenters. The van der Waals surface area contributed by atoms with Crippen LogP contribution in [0.1, 0.15) is 13.8 Å². The molecule has 0 aromatic carbocycles. The highest BCUT2D eigenvalue weighted by Crippen LogP contribution is 2.00. The molecule has 5 heteroatoms. The molecule has 4 N–H and O–H groups in total. The van der Waals surface area contributed by atoms with Crippen molar-refractivity contribution in [3.8, 4) is 0 Å². The van der Waals surface area contributed by atoms with Crippen molar-refractivity contribution in [2.75, 3.05) is 6.61 Å². The number of rotatable bonds is 2. The van der Waals surface area contributed by atoms with E-state index in [1.54, 1.807) is 0 Å². The maximum absolute atomic E-state index is 10.8. The van der Waals surface area contributed by atoms with Crippen LogP contribution in [0.25, 0.3) is 0 Å². The van der Waals surface area contributed by atoms with Crippen LogP contribution in [0.2, 0.25) is 0 Å². The van der Waals surface area contributed by atoms with Gasteiger partial charge < -0.3 is 21.1 Å². The Balaban J connectivity index is 2.64. The molecule has 1 amide bonds. The van der Waals surface area contributed by atoms with Crippen molar-refractivity contribution in [2.24, 2.45) is 5.73 Å². The topological polar surface area (TPSA) is 76.4 Å². The summed E-state index contributed by atoms with van der Waals surface area (Å²) in [5.41, 5.74) is 5.47. The molecule has 0 spiro atoms. The number of carbonyl (C=O) groups is 1. The van der Waals surface area contributed by atoms with Gasteiger partial charge in [-0.2, -0.15) is 0 Å². The van der Waals surface area contributed by atoms with Crippen molar-refractivity contribution in [3.63, 3.8) is 0 Å². The van der Waals surface area contributed by atoms with Gasteiger partial charge >= 0.3 is 0 Å². The first-order valence-corrected chi connectivity index (χ1v) is 3.78. The maximum Gasteiger partial charge on any atom is 0.263 e. The Morgan fingerprint density at radius 1 is 1.67 bits per heavy atom. The lowest BCUT2D eigenvalue weighted by molar-refractivity contribution is -0.125. The molecule has 0 saturated carbocycles. The van der Waals surface area contributed by atoms with Crippen LogP contribution in [0.4, 0.5) is 0 Å². The average molecular weight is 171 g/mol. The highest BCUT2D eigenvalue weighted by molar-refractivity contribution is 5.79. The van der Waals surface area contributed by atoms with Crippen LogP contribution in [0.15, 0.2) is 11.7 Å². The Morgan fingerprint density at radius 2 is 2.33 bits per heavy atom. The second kappa shape index (κ2) is 3.34. The monoisotopic (exact) mass is 171 g/mol. The third-order valence-corrected chi connectivity index (χ3v) is 1.30. The van der Waals surface area contributed by atoms with E-state index in [-0.39, 0.29) is 24.4 Å². The van der Waals surface area contributed by atoms with Gasteiger partial charge in [-0.25, -0.2) is 0 Å². The SMILES string of the molecule is CC(C)NC1=C(N)OCC(=O)N1. The summed E-state index contributed by atoms with van der Waals surface area (Å²) < 4.78 is 4.89. The van der Waals surface area contributed by atoms with E-state index >= 15 is 0 Å². The lowest BCUT2D eigenvalue weighted by Crippen LogP contribution is -2.43. The summed E-state index contributed by atoms with van der Waals surface area (Å²) in [5, 5.41) is 5.54. The zero-order valence-electron chi connectivity index (χ0n) is 7.18. The summed E-state index contributed by atoms with van der Waals surface area (Å²) >= 11 is 0. The minimum Gasteiger partial charge on any atom is -0.467 e. The van der Waals surface area contributed by atoms with E-state index in [1.807, 2.05) is 13.8 Å². The predicted octanol–water partition coefficient (Wildman–Crippen LogP) is -0.784. The van der Waals surface area contributed by atoms with Crippen molar-refractivity contribution in [2.45, 2.75) is 19.9 Å². The lowest BCUT2D eigenvalue weighted by atomic mass is 10.4. The third kappa shape index (κ3) is 2.05. The summed E-state index contributed by atoms with van der Waals surface area (Å²) in [5.74, 6) is 0.511. The molecule has 1 heterocycles. The molecule has 0 saturated heterocycles. The zero-order valence-corrected chi connectivity index (χ0v) is 7.18. The Kier molecular flexibility index (Phi) is 2.42. The van der Waals surface area contributed by atoms with Gasteiger partial charge in [0.05, 0.1) is 0 Å². The van der Waals surface area contributed by atoms with Gasteiger partial charge in [0, 0.05) is 6.04 Å². The number of nitrogens with two attached hydrogens (primary N) is 1. The Bertz CT molecular complexity index is 223. The normalized spacial score (nSPS) is 17.4. The van der Waals surface area contributed by atoms with Gasteiger partial charge in [-0.15, -0.1) is 0 Å². The minimum absolute atomic E-state index is 0.00485. The van der Waals surface area contributed by atoms with Gasteiger partial charge in [0.15, 0.2) is 12.4 Å². The number of amides is 1. The second-order valence-corrected chi connectivity index (χ2v) is 2.88. The van der Waals surface area contributed by atoms with Crippen LogP contribution in [0, 0.1) is 0 Å². The third-order valence-electron chi connectivity index (χ3n) is 1.30. The molecule has 0 aromatic heterocycles. The van der Waals surface area contributed by atoms with Gasteiger partial charge in [0.1, 0.15) is 0 Å². The van der Waals surface area contributed by atoms with Crippen LogP contribution in [-0.2, 0) is 9.53 Å². The molecule has 0 bridgehead atoms. The summed E-state index contributed by atoms with van der Waals surface area (Å²) in [6, 6.07) is 0.209. The predicted molar refractivity (Wildman–Crippen MR) is 43.6 cm³/mol. The van der Waals surface area contributed by atoms with Gasteiger partial charge in [0.25, 0.3) is 5.91 Å². The maximum atomic E-state index is 10.8. The molecule has 0 fully saturated rings. The number of nitrogens with one attached hydrogen (secondary N) is 2. The van der Waals surface area contributed by atoms with E-state index in [0.29, 0.717) is 5.82 Å². The first kappa shape index (κ1) is 8.70. The van der Waals surface area contributed by atoms with Crippen LogP contribution in [-0.4, -0.2) is 18.6 Å². The first-order valence-electron chi connectivity index (χ1n) is 3.78. The summed E-state index contributed by atoms with van der Waals surface area (Å²) in [4.78, 5) is 10.8. The lowest BCUT2D eigenvalue weighted by Gasteiger charge is -2.21. The number of ether oxygens (including phenoxy) is 1. The van der Waals surface area contributed by atoms with Crippen molar-refractivity contribution in [3.05, 3.63) is 11.7 Å². The molecule has 12 heavy (non-hydrogen) atoms. The summed E-state index contributed by atoms with van der Waals surface area (Å²) in [7, 11) is 0. The molecule has 0 aromatic rings. The number of hydrogen-bond donors (Lipinski definition) is 3. The van der Waals surface area contributed by atoms with Crippen LogP contribution < -0.4 is 16.4 Å². The first-order chi connectivity index (χ1) is 5.59. The van der Waals surface area contributed by atoms with Crippen molar-refractivity contribution >= 4 is 5.91 Å². The van der Waals surface area contributed by atoms with Gasteiger partial charge in [-0.05, 0) is 13.8 Å². The van der Waals surface area contributed by atoms with E-state index in [2.05, 4.69) is 10.6 Å². The fourth-order valence-corrected chi connectivity index (χ4v) is 0.848. The highest BCUT2D eigenvalue weighted by atomic mass is 16.5. The number of hydrogen-bond acceptors (Lipinski definition) is 4. The number of carbonyl (C=O) groups excluding carboxylic acids is 1. The molecule has 1 aliphatic heterocycles. The quantitative estimate of drug-likeness (QED) is 0.509. The zero-order chi connectivity index (χ0) is 9.14. The van der Waals surface area contributed by atoms with E-state index in [0.717, 1.165) is 0 Å². The van der Waals surface area contributed by atoms with E-state index in [1.165, 1.54) is 0 Å². The average Bonchev–Trinajstić information content (AvgIpc) is 1.96. The van der Waals surface area contributed by atoms with Crippen LogP contribution in [0.3, 0.4) is 0 Å². The molecular weight excluding hydrogens is 158 g/mol. The molecule has 68 valence electrons. The van der Waals surface area contributed by atoms with Crippen molar-refractivity contribution in [1.82, 2.24) is 10.6 Å². The van der Waals surface area contributed by atoms with Crippen molar-refractivity contribution in [1.29, 1.82) is 0 Å². The molecule has 0 radical (unpaired) electrons. The molecule has 1 aliphatic rings. The van der Waals surface area contributed by atoms with Crippen LogP contribution in [0.5, 0.6) is 0 Å². The molecule has 0 aliphatic carbocycles. The van der Waals surface area contributed by atoms with E-state index < -0.39 is 0 Å². The van der Waals surface area contributed by atoms with E-state index in [4.69, 9.17) is 10.5 Å². The Morgan fingerprint density at radius 3 is 2.92 bits per heavy atom. The highest BCUT2D eigenvalue weighted by Gasteiger charge is 2.16. The molecule has 1 rings (SSSR count). The summed E-state index contributed by atoms with van der Waals surface area (Å²) in [6.45, 7) is 3.89. The van der Waals surface area contributed by atoms with Crippen molar-refractivity contribution < 1.29 is 9.53 Å². The minimum atomic E-state index is -0.188. The van der Waals surface area contributed by atoms with E-state index in [9.17, 15) is 4.79 Å². The summed E-state index contributed by atoms with van der Waals surface area (Å²) in [6.07, 6.45) is 0. The fraction of sp³-hybridized carbons (Fsp3) is 0.571. The largest absolute Gasteiger partial charge is 0.467 e. The molecule has 0 unspecified atom stereocenters. The van der Waals surface area contributed by atoms with Gasteiger partial charge in [-0.3, -0.25) is 4.79 Å². The smallest absolute Gasteiger partial charge is 0.263 e.